The van der Waals surface area contributed by atoms with Crippen LogP contribution in [-0.4, -0.2) is 36.9 Å². The Hall–Kier alpha value is -4.04. The molecule has 0 saturated heterocycles. The number of phenolic OH excluding ortho intramolecular Hbond substituents is 1. The summed E-state index contributed by atoms with van der Waals surface area (Å²) < 4.78 is 10.9. The summed E-state index contributed by atoms with van der Waals surface area (Å²) in [6.45, 7) is 4.04. The quantitative estimate of drug-likeness (QED) is 0.287. The summed E-state index contributed by atoms with van der Waals surface area (Å²) in [5.41, 5.74) is 5.10. The van der Waals surface area contributed by atoms with Gasteiger partial charge in [0.1, 0.15) is 17.2 Å². The van der Waals surface area contributed by atoms with E-state index in [9.17, 15) is 14.7 Å². The van der Waals surface area contributed by atoms with Gasteiger partial charge in [0, 0.05) is 22.9 Å². The van der Waals surface area contributed by atoms with E-state index in [4.69, 9.17) is 21.1 Å². The lowest BCUT2D eigenvalue weighted by Crippen LogP contribution is -2.20. The van der Waals surface area contributed by atoms with Crippen LogP contribution in [0.2, 0.25) is 5.02 Å². The number of hydrogen-bond acceptors (Lipinski definition) is 6. The van der Waals surface area contributed by atoms with Crippen LogP contribution in [0, 0.1) is 0 Å². The molecule has 0 heterocycles. The van der Waals surface area contributed by atoms with E-state index in [-0.39, 0.29) is 28.8 Å². The largest absolute Gasteiger partial charge is 0.506 e. The summed E-state index contributed by atoms with van der Waals surface area (Å²) in [6, 6.07) is 16.7. The van der Waals surface area contributed by atoms with Gasteiger partial charge in [-0.2, -0.15) is 5.10 Å². The molecule has 0 saturated carbocycles. The van der Waals surface area contributed by atoms with E-state index in [1.54, 1.807) is 18.2 Å². The Balaban J connectivity index is 1.55. The minimum Gasteiger partial charge on any atom is -0.506 e. The molecule has 0 aliphatic rings. The molecule has 0 unspecified atom stereocenters. The van der Waals surface area contributed by atoms with Crippen LogP contribution in [0.1, 0.15) is 41.3 Å². The number of rotatable bonds is 9. The fraction of sp³-hybridized carbons (Fsp3) is 0.192. The lowest BCUT2D eigenvalue weighted by Gasteiger charge is -2.11. The number of aromatic hydroxyl groups is 1. The Kier molecular flexibility index (Phi) is 8.69. The lowest BCUT2D eigenvalue weighted by atomic mass is 10.0. The van der Waals surface area contributed by atoms with Crippen molar-refractivity contribution in [3.8, 4) is 17.2 Å². The lowest BCUT2D eigenvalue weighted by molar-refractivity contribution is -0.118. The first kappa shape index (κ1) is 25.6. The van der Waals surface area contributed by atoms with Gasteiger partial charge in [-0.15, -0.1) is 0 Å². The van der Waals surface area contributed by atoms with Crippen molar-refractivity contribution in [1.82, 2.24) is 5.43 Å². The SMILES string of the molecule is COc1cc(OCC(=O)Nc2ccc(C(C)C)cc2)ccc1/C=N/NC(=O)c1ccc(O)c(Cl)c1. The van der Waals surface area contributed by atoms with E-state index in [1.807, 2.05) is 24.3 Å². The summed E-state index contributed by atoms with van der Waals surface area (Å²) in [5, 5.41) is 16.2. The van der Waals surface area contributed by atoms with Gasteiger partial charge in [0.15, 0.2) is 6.61 Å². The van der Waals surface area contributed by atoms with Crippen molar-refractivity contribution < 1.29 is 24.2 Å². The number of anilines is 1. The third-order valence-electron chi connectivity index (χ3n) is 5.02. The fourth-order valence-electron chi connectivity index (χ4n) is 3.06. The Bertz CT molecular complexity index is 1230. The Morgan fingerprint density at radius 2 is 1.83 bits per heavy atom. The van der Waals surface area contributed by atoms with E-state index in [0.29, 0.717) is 28.7 Å². The number of nitrogens with zero attached hydrogens (tertiary/aromatic N) is 1. The predicted molar refractivity (Wildman–Crippen MR) is 136 cm³/mol. The van der Waals surface area contributed by atoms with Crippen LogP contribution in [0.15, 0.2) is 65.8 Å². The molecule has 35 heavy (non-hydrogen) atoms. The highest BCUT2D eigenvalue weighted by molar-refractivity contribution is 6.32. The zero-order valence-corrected chi connectivity index (χ0v) is 20.3. The number of hydrogen-bond donors (Lipinski definition) is 3. The number of hydrazone groups is 1. The molecule has 182 valence electrons. The third kappa shape index (κ3) is 7.22. The van der Waals surface area contributed by atoms with Gasteiger partial charge in [0.05, 0.1) is 18.3 Å². The van der Waals surface area contributed by atoms with Crippen LogP contribution in [-0.2, 0) is 4.79 Å². The average molecular weight is 496 g/mol. The van der Waals surface area contributed by atoms with Gasteiger partial charge in [-0.05, 0) is 53.9 Å². The van der Waals surface area contributed by atoms with Gasteiger partial charge < -0.3 is 19.9 Å². The number of methoxy groups -OCH3 is 1. The number of halogens is 1. The zero-order chi connectivity index (χ0) is 25.4. The third-order valence-corrected chi connectivity index (χ3v) is 5.32. The number of carbonyl (C=O) groups is 2. The van der Waals surface area contributed by atoms with Gasteiger partial charge in [0.2, 0.25) is 0 Å². The smallest absolute Gasteiger partial charge is 0.271 e. The highest BCUT2D eigenvalue weighted by Gasteiger charge is 2.09. The normalized spacial score (nSPS) is 10.9. The van der Waals surface area contributed by atoms with Crippen molar-refractivity contribution in [1.29, 1.82) is 0 Å². The molecule has 0 aliphatic carbocycles. The predicted octanol–water partition coefficient (Wildman–Crippen LogP) is 4.96. The molecular weight excluding hydrogens is 470 g/mol. The van der Waals surface area contributed by atoms with Crippen LogP contribution in [0.3, 0.4) is 0 Å². The van der Waals surface area contributed by atoms with Crippen molar-refractivity contribution >= 4 is 35.3 Å². The maximum absolute atomic E-state index is 12.2. The second kappa shape index (κ2) is 11.9. The van der Waals surface area contributed by atoms with Crippen molar-refractivity contribution in [2.45, 2.75) is 19.8 Å². The first-order chi connectivity index (χ1) is 16.8. The number of carbonyl (C=O) groups excluding carboxylic acids is 2. The first-order valence-electron chi connectivity index (χ1n) is 10.8. The molecule has 0 aromatic heterocycles. The first-order valence-corrected chi connectivity index (χ1v) is 11.2. The molecule has 9 heteroatoms. The Labute approximate surface area is 208 Å². The summed E-state index contributed by atoms with van der Waals surface area (Å²) in [5.74, 6) is 0.401. The molecule has 0 radical (unpaired) electrons. The average Bonchev–Trinajstić information content (AvgIpc) is 2.85. The molecule has 3 rings (SSSR count). The molecule has 0 aliphatic heterocycles. The van der Waals surface area contributed by atoms with E-state index < -0.39 is 5.91 Å². The number of amides is 2. The van der Waals surface area contributed by atoms with E-state index in [0.717, 1.165) is 0 Å². The minimum atomic E-state index is -0.494. The molecule has 0 bridgehead atoms. The summed E-state index contributed by atoms with van der Waals surface area (Å²) in [4.78, 5) is 24.4. The van der Waals surface area contributed by atoms with Gasteiger partial charge in [-0.3, -0.25) is 9.59 Å². The standard InChI is InChI=1S/C26H26ClN3O5/c1-16(2)17-4-8-20(9-5-17)29-25(32)15-35-21-10-6-19(24(13-21)34-3)14-28-30-26(33)18-7-11-23(31)22(27)12-18/h4-14,16,31H,15H2,1-3H3,(H,29,32)(H,30,33)/b28-14+. The fourth-order valence-corrected chi connectivity index (χ4v) is 3.24. The molecule has 0 fully saturated rings. The molecule has 3 aromatic carbocycles. The number of phenols is 1. The zero-order valence-electron chi connectivity index (χ0n) is 19.5. The molecule has 3 aromatic rings. The molecule has 0 atom stereocenters. The number of nitrogens with one attached hydrogen (secondary N) is 2. The van der Waals surface area contributed by atoms with Crippen LogP contribution >= 0.6 is 11.6 Å². The van der Waals surface area contributed by atoms with E-state index in [1.165, 1.54) is 37.1 Å². The monoisotopic (exact) mass is 495 g/mol. The minimum absolute atomic E-state index is 0.0663. The van der Waals surface area contributed by atoms with Gasteiger partial charge in [-0.25, -0.2) is 5.43 Å². The van der Waals surface area contributed by atoms with Crippen molar-refractivity contribution in [3.05, 3.63) is 82.4 Å². The topological polar surface area (TPSA) is 109 Å². The summed E-state index contributed by atoms with van der Waals surface area (Å²) >= 11 is 5.82. The molecule has 2 amide bonds. The maximum atomic E-state index is 12.2. The number of benzene rings is 3. The van der Waals surface area contributed by atoms with Crippen LogP contribution < -0.4 is 20.2 Å². The van der Waals surface area contributed by atoms with Crippen molar-refractivity contribution in [2.75, 3.05) is 19.0 Å². The van der Waals surface area contributed by atoms with Gasteiger partial charge in [0.25, 0.3) is 11.8 Å². The highest BCUT2D eigenvalue weighted by atomic mass is 35.5. The van der Waals surface area contributed by atoms with Gasteiger partial charge in [-0.1, -0.05) is 37.6 Å². The van der Waals surface area contributed by atoms with Crippen LogP contribution in [0.4, 0.5) is 5.69 Å². The molecule has 8 nitrogen and oxygen atoms in total. The van der Waals surface area contributed by atoms with Crippen LogP contribution in [0.5, 0.6) is 17.2 Å². The van der Waals surface area contributed by atoms with Crippen LogP contribution in [0.25, 0.3) is 0 Å². The van der Waals surface area contributed by atoms with E-state index >= 15 is 0 Å². The van der Waals surface area contributed by atoms with Gasteiger partial charge >= 0.3 is 0 Å². The van der Waals surface area contributed by atoms with Crippen molar-refractivity contribution in [2.24, 2.45) is 5.10 Å². The highest BCUT2D eigenvalue weighted by Crippen LogP contribution is 2.25. The Morgan fingerprint density at radius 3 is 2.49 bits per heavy atom. The van der Waals surface area contributed by atoms with E-state index in [2.05, 4.69) is 29.7 Å². The Morgan fingerprint density at radius 1 is 1.09 bits per heavy atom. The number of ether oxygens (including phenoxy) is 2. The summed E-state index contributed by atoms with van der Waals surface area (Å²) in [6.07, 6.45) is 1.41. The van der Waals surface area contributed by atoms with Crippen molar-refractivity contribution in [3.63, 3.8) is 0 Å². The second-order valence-corrected chi connectivity index (χ2v) is 8.29. The maximum Gasteiger partial charge on any atom is 0.271 e. The summed E-state index contributed by atoms with van der Waals surface area (Å²) in [7, 11) is 1.49. The molecular formula is C26H26ClN3O5. The second-order valence-electron chi connectivity index (χ2n) is 7.88. The molecule has 0 spiro atoms. The molecule has 3 N–H and O–H groups in total.